The second-order valence-corrected chi connectivity index (χ2v) is 5.35. The molecule has 0 saturated carbocycles. The van der Waals surface area contributed by atoms with Crippen molar-refractivity contribution in [2.24, 2.45) is 11.8 Å². The summed E-state index contributed by atoms with van der Waals surface area (Å²) < 4.78 is 0. The van der Waals surface area contributed by atoms with Gasteiger partial charge in [-0.1, -0.05) is 25.1 Å². The van der Waals surface area contributed by atoms with E-state index in [0.29, 0.717) is 0 Å². The molecule has 2 unspecified atom stereocenters. The van der Waals surface area contributed by atoms with Crippen LogP contribution in [0.2, 0.25) is 0 Å². The largest absolute Gasteiger partial charge is 0.316 e. The summed E-state index contributed by atoms with van der Waals surface area (Å²) in [6.45, 7) is 9.18. The predicted octanol–water partition coefficient (Wildman–Crippen LogP) is 3.09. The quantitative estimate of drug-likeness (QED) is 0.802. The highest BCUT2D eigenvalue weighted by molar-refractivity contribution is 5.30. The molecule has 0 spiro atoms. The van der Waals surface area contributed by atoms with Crippen LogP contribution >= 0.6 is 0 Å². The third-order valence-corrected chi connectivity index (χ3v) is 4.06. The number of piperidine rings is 1. The molecular weight excluding hydrogens is 194 g/mol. The van der Waals surface area contributed by atoms with Crippen LogP contribution in [-0.4, -0.2) is 13.1 Å². The second-order valence-electron chi connectivity index (χ2n) is 5.35. The van der Waals surface area contributed by atoms with E-state index in [4.69, 9.17) is 0 Å². The summed E-state index contributed by atoms with van der Waals surface area (Å²) in [4.78, 5) is 0. The first kappa shape index (κ1) is 11.7. The molecule has 1 fully saturated rings. The van der Waals surface area contributed by atoms with Crippen LogP contribution in [0.15, 0.2) is 18.2 Å². The van der Waals surface area contributed by atoms with Gasteiger partial charge in [-0.15, -0.1) is 0 Å². The minimum atomic E-state index is 0.816. The summed E-state index contributed by atoms with van der Waals surface area (Å²) in [5, 5.41) is 3.51. The summed E-state index contributed by atoms with van der Waals surface area (Å²) in [7, 11) is 0. The van der Waals surface area contributed by atoms with Crippen LogP contribution in [0.4, 0.5) is 0 Å². The third kappa shape index (κ3) is 2.65. The van der Waals surface area contributed by atoms with Gasteiger partial charge in [-0.05, 0) is 68.3 Å². The van der Waals surface area contributed by atoms with E-state index in [1.165, 1.54) is 42.6 Å². The van der Waals surface area contributed by atoms with Crippen molar-refractivity contribution in [3.8, 4) is 0 Å². The van der Waals surface area contributed by atoms with Crippen LogP contribution in [0.1, 0.15) is 30.0 Å². The number of benzene rings is 1. The van der Waals surface area contributed by atoms with E-state index < -0.39 is 0 Å². The van der Waals surface area contributed by atoms with Gasteiger partial charge >= 0.3 is 0 Å². The normalized spacial score (nSPS) is 25.7. The van der Waals surface area contributed by atoms with Crippen LogP contribution in [0.5, 0.6) is 0 Å². The van der Waals surface area contributed by atoms with Crippen LogP contribution in [0, 0.1) is 25.7 Å². The SMILES string of the molecule is Cc1ccc(CC2CNCCC2C)cc1C. The van der Waals surface area contributed by atoms with Crippen molar-refractivity contribution < 1.29 is 0 Å². The van der Waals surface area contributed by atoms with Crippen molar-refractivity contribution in [2.45, 2.75) is 33.6 Å². The molecule has 1 heteroatoms. The highest BCUT2D eigenvalue weighted by atomic mass is 14.9. The van der Waals surface area contributed by atoms with E-state index >= 15 is 0 Å². The van der Waals surface area contributed by atoms with E-state index in [1.54, 1.807) is 0 Å². The van der Waals surface area contributed by atoms with Crippen LogP contribution in [0.25, 0.3) is 0 Å². The Morgan fingerprint density at radius 3 is 2.75 bits per heavy atom. The van der Waals surface area contributed by atoms with Gasteiger partial charge < -0.3 is 5.32 Å². The van der Waals surface area contributed by atoms with Gasteiger partial charge in [-0.25, -0.2) is 0 Å². The Morgan fingerprint density at radius 2 is 2.06 bits per heavy atom. The zero-order valence-electron chi connectivity index (χ0n) is 10.7. The molecule has 1 aliphatic rings. The van der Waals surface area contributed by atoms with Gasteiger partial charge in [0, 0.05) is 0 Å². The maximum absolute atomic E-state index is 3.51. The smallest absolute Gasteiger partial charge is 0.00148 e. The Bertz CT molecular complexity index is 356. The number of hydrogen-bond donors (Lipinski definition) is 1. The summed E-state index contributed by atoms with van der Waals surface area (Å²) in [6.07, 6.45) is 2.56. The maximum Gasteiger partial charge on any atom is -0.00148 e. The second kappa shape index (κ2) is 5.01. The van der Waals surface area contributed by atoms with Crippen molar-refractivity contribution in [1.29, 1.82) is 0 Å². The van der Waals surface area contributed by atoms with Gasteiger partial charge in [0.2, 0.25) is 0 Å². The molecule has 2 atom stereocenters. The fourth-order valence-corrected chi connectivity index (χ4v) is 2.56. The monoisotopic (exact) mass is 217 g/mol. The average Bonchev–Trinajstić information content (AvgIpc) is 2.27. The lowest BCUT2D eigenvalue weighted by Gasteiger charge is -2.29. The Balaban J connectivity index is 2.05. The van der Waals surface area contributed by atoms with Gasteiger partial charge in [0.1, 0.15) is 0 Å². The van der Waals surface area contributed by atoms with Crippen molar-refractivity contribution >= 4 is 0 Å². The minimum absolute atomic E-state index is 0.816. The predicted molar refractivity (Wildman–Crippen MR) is 69.8 cm³/mol. The molecule has 1 aromatic rings. The number of rotatable bonds is 2. The fraction of sp³-hybridized carbons (Fsp3) is 0.600. The molecule has 1 heterocycles. The standard InChI is InChI=1S/C15H23N/c1-11-4-5-14(8-13(11)3)9-15-10-16-7-6-12(15)2/h4-5,8,12,15-16H,6-7,9-10H2,1-3H3. The Morgan fingerprint density at radius 1 is 1.25 bits per heavy atom. The molecule has 88 valence electrons. The third-order valence-electron chi connectivity index (χ3n) is 4.06. The Hall–Kier alpha value is -0.820. The fourth-order valence-electron chi connectivity index (χ4n) is 2.56. The van der Waals surface area contributed by atoms with Crippen LogP contribution in [-0.2, 0) is 6.42 Å². The van der Waals surface area contributed by atoms with Crippen molar-refractivity contribution in [3.63, 3.8) is 0 Å². The topological polar surface area (TPSA) is 12.0 Å². The lowest BCUT2D eigenvalue weighted by molar-refractivity contribution is 0.272. The molecule has 0 amide bonds. The van der Waals surface area contributed by atoms with Gasteiger partial charge in [-0.3, -0.25) is 0 Å². The average molecular weight is 217 g/mol. The van der Waals surface area contributed by atoms with Crippen LogP contribution in [0.3, 0.4) is 0 Å². The molecule has 0 aliphatic carbocycles. The Labute approximate surface area is 99.3 Å². The van der Waals surface area contributed by atoms with E-state index in [2.05, 4.69) is 44.3 Å². The molecule has 2 rings (SSSR count). The van der Waals surface area contributed by atoms with E-state index in [1.807, 2.05) is 0 Å². The van der Waals surface area contributed by atoms with Crippen LogP contribution < -0.4 is 5.32 Å². The molecule has 0 bridgehead atoms. The number of hydrogen-bond acceptors (Lipinski definition) is 1. The molecule has 16 heavy (non-hydrogen) atoms. The van der Waals surface area contributed by atoms with Crippen molar-refractivity contribution in [3.05, 3.63) is 34.9 Å². The molecule has 1 N–H and O–H groups in total. The molecule has 1 aromatic carbocycles. The van der Waals surface area contributed by atoms with Gasteiger partial charge in [0.25, 0.3) is 0 Å². The minimum Gasteiger partial charge on any atom is -0.316 e. The van der Waals surface area contributed by atoms with E-state index in [-0.39, 0.29) is 0 Å². The summed E-state index contributed by atoms with van der Waals surface area (Å²) in [5.74, 6) is 1.68. The zero-order valence-corrected chi connectivity index (χ0v) is 10.7. The van der Waals surface area contributed by atoms with E-state index in [0.717, 1.165) is 11.8 Å². The summed E-state index contributed by atoms with van der Waals surface area (Å²) in [6, 6.07) is 6.91. The molecular formula is C15H23N. The lowest BCUT2D eigenvalue weighted by atomic mass is 9.83. The first-order valence-corrected chi connectivity index (χ1v) is 6.43. The zero-order chi connectivity index (χ0) is 11.5. The highest BCUT2D eigenvalue weighted by Gasteiger charge is 2.21. The number of nitrogens with one attached hydrogen (secondary N) is 1. The molecule has 0 radical (unpaired) electrons. The van der Waals surface area contributed by atoms with E-state index in [9.17, 15) is 0 Å². The molecule has 1 nitrogen and oxygen atoms in total. The highest BCUT2D eigenvalue weighted by Crippen LogP contribution is 2.23. The Kier molecular flexibility index (Phi) is 3.65. The maximum atomic E-state index is 3.51. The molecule has 0 aromatic heterocycles. The number of aryl methyl sites for hydroxylation is 2. The van der Waals surface area contributed by atoms with Crippen molar-refractivity contribution in [1.82, 2.24) is 5.32 Å². The first-order valence-electron chi connectivity index (χ1n) is 6.43. The van der Waals surface area contributed by atoms with Crippen molar-refractivity contribution in [2.75, 3.05) is 13.1 Å². The molecule has 1 aliphatic heterocycles. The first-order chi connectivity index (χ1) is 7.66. The van der Waals surface area contributed by atoms with Gasteiger partial charge in [0.05, 0.1) is 0 Å². The summed E-state index contributed by atoms with van der Waals surface area (Å²) in [5.41, 5.74) is 4.33. The lowest BCUT2D eigenvalue weighted by Crippen LogP contribution is -2.36. The molecule has 1 saturated heterocycles. The summed E-state index contributed by atoms with van der Waals surface area (Å²) >= 11 is 0. The van der Waals surface area contributed by atoms with Gasteiger partial charge in [0.15, 0.2) is 0 Å². The van der Waals surface area contributed by atoms with Gasteiger partial charge in [-0.2, -0.15) is 0 Å².